The lowest BCUT2D eigenvalue weighted by Gasteiger charge is -2.08. The number of nitrogens with one attached hydrogen (secondary N) is 1. The molecule has 0 fully saturated rings. The van der Waals surface area contributed by atoms with Crippen molar-refractivity contribution in [3.63, 3.8) is 0 Å². The number of para-hydroxylation sites is 1. The first kappa shape index (κ1) is 11.8. The van der Waals surface area contributed by atoms with Crippen LogP contribution in [0, 0.1) is 5.82 Å². The van der Waals surface area contributed by atoms with Gasteiger partial charge in [-0.15, -0.1) is 0 Å². The smallest absolute Gasteiger partial charge is 0.147 e. The number of halogens is 2. The van der Waals surface area contributed by atoms with E-state index in [1.807, 2.05) is 0 Å². The summed E-state index contributed by atoms with van der Waals surface area (Å²) in [5.41, 5.74) is 5.65. The van der Waals surface area contributed by atoms with Crippen LogP contribution in [0.15, 0.2) is 27.8 Å². The summed E-state index contributed by atoms with van der Waals surface area (Å²) in [6.45, 7) is 0.398. The largest absolute Gasteiger partial charge is 0.409 e. The van der Waals surface area contributed by atoms with Crippen LogP contribution in [-0.2, 0) is 0 Å². The average Bonchev–Trinajstić information content (AvgIpc) is 2.22. The van der Waals surface area contributed by atoms with E-state index in [4.69, 9.17) is 10.9 Å². The van der Waals surface area contributed by atoms with Crippen LogP contribution >= 0.6 is 15.9 Å². The van der Waals surface area contributed by atoms with Crippen molar-refractivity contribution in [2.24, 2.45) is 10.9 Å². The molecule has 0 atom stereocenters. The molecule has 0 saturated heterocycles. The van der Waals surface area contributed by atoms with Crippen molar-refractivity contribution in [1.29, 1.82) is 0 Å². The zero-order valence-corrected chi connectivity index (χ0v) is 9.46. The van der Waals surface area contributed by atoms with Crippen molar-refractivity contribution < 1.29 is 9.60 Å². The van der Waals surface area contributed by atoms with Gasteiger partial charge in [0.25, 0.3) is 0 Å². The van der Waals surface area contributed by atoms with Gasteiger partial charge in [-0.05, 0) is 28.1 Å². The molecule has 0 saturated carbocycles. The number of hydrogen-bond donors (Lipinski definition) is 3. The number of amidine groups is 1. The molecule has 0 aliphatic heterocycles. The van der Waals surface area contributed by atoms with Gasteiger partial charge in [0.05, 0.1) is 5.69 Å². The summed E-state index contributed by atoms with van der Waals surface area (Å²) in [7, 11) is 0. The minimum Gasteiger partial charge on any atom is -0.409 e. The van der Waals surface area contributed by atoms with Crippen molar-refractivity contribution >= 4 is 27.5 Å². The van der Waals surface area contributed by atoms with Crippen molar-refractivity contribution in [3.05, 3.63) is 28.5 Å². The van der Waals surface area contributed by atoms with E-state index in [2.05, 4.69) is 26.4 Å². The molecule has 0 amide bonds. The van der Waals surface area contributed by atoms with Crippen molar-refractivity contribution in [2.75, 3.05) is 11.9 Å². The minimum absolute atomic E-state index is 0.106. The van der Waals surface area contributed by atoms with Gasteiger partial charge in [-0.1, -0.05) is 11.2 Å². The van der Waals surface area contributed by atoms with Gasteiger partial charge >= 0.3 is 0 Å². The van der Waals surface area contributed by atoms with Gasteiger partial charge in [0, 0.05) is 17.4 Å². The molecule has 1 aromatic carbocycles. The van der Waals surface area contributed by atoms with E-state index < -0.39 is 0 Å². The van der Waals surface area contributed by atoms with Crippen LogP contribution in [0.2, 0.25) is 0 Å². The highest BCUT2D eigenvalue weighted by molar-refractivity contribution is 9.10. The molecule has 6 heteroatoms. The maximum atomic E-state index is 13.3. The second kappa shape index (κ2) is 5.55. The number of oxime groups is 1. The molecule has 0 spiro atoms. The van der Waals surface area contributed by atoms with Crippen molar-refractivity contribution in [2.45, 2.75) is 6.42 Å². The molecule has 82 valence electrons. The monoisotopic (exact) mass is 275 g/mol. The topological polar surface area (TPSA) is 70.6 Å². The van der Waals surface area contributed by atoms with E-state index >= 15 is 0 Å². The maximum absolute atomic E-state index is 13.3. The molecule has 0 unspecified atom stereocenters. The number of nitrogens with two attached hydrogens (primary N) is 1. The Bertz CT molecular complexity index is 350. The summed E-state index contributed by atoms with van der Waals surface area (Å²) in [5, 5.41) is 14.0. The van der Waals surface area contributed by atoms with Crippen LogP contribution in [0.3, 0.4) is 0 Å². The number of anilines is 1. The summed E-state index contributed by atoms with van der Waals surface area (Å²) in [4.78, 5) is 0. The van der Waals surface area contributed by atoms with Crippen LogP contribution in [0.1, 0.15) is 6.42 Å². The first-order valence-electron chi connectivity index (χ1n) is 4.29. The Labute approximate surface area is 95.1 Å². The number of hydrogen-bond acceptors (Lipinski definition) is 3. The van der Waals surface area contributed by atoms with Gasteiger partial charge in [0.2, 0.25) is 0 Å². The standard InChI is InChI=1S/C9H11BrFN3O/c10-6-2-1-3-7(11)9(6)13-5-4-8(12)14-15/h1-3,13,15H,4-5H2,(H2,12,14). The second-order valence-electron chi connectivity index (χ2n) is 2.86. The summed E-state index contributed by atoms with van der Waals surface area (Å²) in [5.74, 6) is -0.237. The van der Waals surface area contributed by atoms with E-state index in [9.17, 15) is 4.39 Å². The molecule has 4 N–H and O–H groups in total. The van der Waals surface area contributed by atoms with Crippen LogP contribution in [0.4, 0.5) is 10.1 Å². The van der Waals surface area contributed by atoms with Crippen LogP contribution in [0.25, 0.3) is 0 Å². The molecule has 1 aromatic rings. The zero-order valence-electron chi connectivity index (χ0n) is 7.87. The molecule has 0 radical (unpaired) electrons. The fourth-order valence-electron chi connectivity index (χ4n) is 1.03. The lowest BCUT2D eigenvalue weighted by Crippen LogP contribution is -2.17. The summed E-state index contributed by atoms with van der Waals surface area (Å²) >= 11 is 3.22. The molecule has 0 aliphatic carbocycles. The van der Waals surface area contributed by atoms with E-state index in [-0.39, 0.29) is 11.7 Å². The number of nitrogens with zero attached hydrogens (tertiary/aromatic N) is 1. The van der Waals surface area contributed by atoms with Gasteiger partial charge < -0.3 is 16.3 Å². The highest BCUT2D eigenvalue weighted by Crippen LogP contribution is 2.24. The predicted octanol–water partition coefficient (Wildman–Crippen LogP) is 2.14. The third kappa shape index (κ3) is 3.39. The molecular weight excluding hydrogens is 265 g/mol. The molecule has 1 rings (SSSR count). The molecule has 15 heavy (non-hydrogen) atoms. The van der Waals surface area contributed by atoms with Gasteiger partial charge in [0.1, 0.15) is 11.7 Å². The Morgan fingerprint density at radius 3 is 2.93 bits per heavy atom. The maximum Gasteiger partial charge on any atom is 0.147 e. The fourth-order valence-corrected chi connectivity index (χ4v) is 1.51. The normalized spacial score (nSPS) is 11.5. The molecule has 0 bridgehead atoms. The van der Waals surface area contributed by atoms with Gasteiger partial charge in [-0.25, -0.2) is 4.39 Å². The molecule has 4 nitrogen and oxygen atoms in total. The lowest BCUT2D eigenvalue weighted by atomic mass is 10.3. The summed E-state index contributed by atoms with van der Waals surface area (Å²) in [6.07, 6.45) is 0.345. The van der Waals surface area contributed by atoms with E-state index in [0.717, 1.165) is 0 Å². The Kier molecular flexibility index (Phi) is 4.36. The van der Waals surface area contributed by atoms with E-state index in [1.165, 1.54) is 6.07 Å². The minimum atomic E-state index is -0.344. The lowest BCUT2D eigenvalue weighted by molar-refractivity contribution is 0.317. The SMILES string of the molecule is N/C(CCNc1c(F)cccc1Br)=N/O. The molecular formula is C9H11BrFN3O. The quantitative estimate of drug-likeness (QED) is 0.341. The average molecular weight is 276 g/mol. The summed E-state index contributed by atoms with van der Waals surface area (Å²) < 4.78 is 13.9. The van der Waals surface area contributed by atoms with Gasteiger partial charge in [-0.2, -0.15) is 0 Å². The Hall–Kier alpha value is -1.30. The van der Waals surface area contributed by atoms with Gasteiger partial charge in [-0.3, -0.25) is 0 Å². The third-order valence-corrected chi connectivity index (χ3v) is 2.43. The first-order valence-corrected chi connectivity index (χ1v) is 5.08. The fraction of sp³-hybridized carbons (Fsp3) is 0.222. The van der Waals surface area contributed by atoms with Crippen LogP contribution in [0.5, 0.6) is 0 Å². The Morgan fingerprint density at radius 2 is 2.33 bits per heavy atom. The highest BCUT2D eigenvalue weighted by atomic mass is 79.9. The van der Waals surface area contributed by atoms with Crippen LogP contribution in [-0.4, -0.2) is 17.6 Å². The predicted molar refractivity (Wildman–Crippen MR) is 60.6 cm³/mol. The van der Waals surface area contributed by atoms with E-state index in [1.54, 1.807) is 12.1 Å². The van der Waals surface area contributed by atoms with Crippen LogP contribution < -0.4 is 11.1 Å². The van der Waals surface area contributed by atoms with Crippen molar-refractivity contribution in [3.8, 4) is 0 Å². The third-order valence-electron chi connectivity index (χ3n) is 1.77. The van der Waals surface area contributed by atoms with Gasteiger partial charge in [0.15, 0.2) is 0 Å². The summed E-state index contributed by atoms with van der Waals surface area (Å²) in [6, 6.07) is 4.69. The highest BCUT2D eigenvalue weighted by Gasteiger charge is 2.05. The molecule has 0 aliphatic rings. The zero-order chi connectivity index (χ0) is 11.3. The molecule has 0 heterocycles. The number of benzene rings is 1. The second-order valence-corrected chi connectivity index (χ2v) is 3.72. The van der Waals surface area contributed by atoms with Crippen molar-refractivity contribution in [1.82, 2.24) is 0 Å². The Balaban J connectivity index is 2.58. The van der Waals surface area contributed by atoms with E-state index in [0.29, 0.717) is 23.1 Å². The first-order chi connectivity index (χ1) is 7.15. The molecule has 0 aromatic heterocycles. The number of rotatable bonds is 4. The Morgan fingerprint density at radius 1 is 1.60 bits per heavy atom.